The van der Waals surface area contributed by atoms with Crippen LogP contribution in [0, 0.1) is 22.7 Å². The number of hydrogen-bond donors (Lipinski definition) is 0. The Morgan fingerprint density at radius 3 is 0.861 bits per heavy atom. The van der Waals surface area contributed by atoms with Crippen molar-refractivity contribution in [2.45, 2.75) is 0 Å². The van der Waals surface area contributed by atoms with Crippen molar-refractivity contribution in [1.82, 2.24) is 0 Å². The van der Waals surface area contributed by atoms with Crippen LogP contribution >= 0.6 is 0 Å². The summed E-state index contributed by atoms with van der Waals surface area (Å²) in [5, 5.41) is 18.4. The predicted octanol–water partition coefficient (Wildman–Crippen LogP) is 8.37. The fourth-order valence-corrected chi connectivity index (χ4v) is 4.17. The van der Waals surface area contributed by atoms with Crippen LogP contribution in [0.3, 0.4) is 0 Å². The van der Waals surface area contributed by atoms with Gasteiger partial charge in [0.15, 0.2) is 0 Å². The number of benzene rings is 5. The molecule has 0 unspecified atom stereocenters. The zero-order valence-electron chi connectivity index (χ0n) is 19.5. The SMILES string of the molecule is N#Cc1ccc(N(c2ccccc2)c2ccc(N(c3ccccc3)c3ccc(C#N)cc3)cc2)cc1. The van der Waals surface area contributed by atoms with Crippen molar-refractivity contribution in [3.05, 3.63) is 145 Å². The molecule has 0 saturated heterocycles. The third-order valence-corrected chi connectivity index (χ3v) is 5.90. The van der Waals surface area contributed by atoms with Gasteiger partial charge >= 0.3 is 0 Å². The van der Waals surface area contributed by atoms with Gasteiger partial charge in [-0.1, -0.05) is 36.4 Å². The van der Waals surface area contributed by atoms with Gasteiger partial charge < -0.3 is 9.80 Å². The van der Waals surface area contributed by atoms with Crippen molar-refractivity contribution in [3.63, 3.8) is 0 Å². The smallest absolute Gasteiger partial charge is 0.0991 e. The lowest BCUT2D eigenvalue weighted by atomic mass is 10.1. The molecule has 0 aliphatic carbocycles. The monoisotopic (exact) mass is 462 g/mol. The molecule has 4 nitrogen and oxygen atoms in total. The van der Waals surface area contributed by atoms with Crippen molar-refractivity contribution in [3.8, 4) is 12.1 Å². The zero-order valence-corrected chi connectivity index (χ0v) is 19.5. The second-order valence-corrected chi connectivity index (χ2v) is 8.18. The molecule has 0 bridgehead atoms. The lowest BCUT2D eigenvalue weighted by molar-refractivity contribution is 1.25. The Morgan fingerprint density at radius 1 is 0.333 bits per heavy atom. The number of nitriles is 2. The third kappa shape index (κ3) is 4.66. The van der Waals surface area contributed by atoms with Crippen molar-refractivity contribution in [1.29, 1.82) is 10.5 Å². The number of nitrogens with zero attached hydrogens (tertiary/aromatic N) is 4. The number of hydrogen-bond acceptors (Lipinski definition) is 4. The summed E-state index contributed by atoms with van der Waals surface area (Å²) in [6, 6.07) is 48.3. The van der Waals surface area contributed by atoms with Crippen LogP contribution in [0.4, 0.5) is 34.1 Å². The minimum atomic E-state index is 0.628. The maximum atomic E-state index is 9.22. The molecule has 5 aromatic rings. The minimum Gasteiger partial charge on any atom is -0.311 e. The van der Waals surface area contributed by atoms with Crippen LogP contribution in [0.25, 0.3) is 0 Å². The van der Waals surface area contributed by atoms with Crippen LogP contribution in [0.1, 0.15) is 11.1 Å². The summed E-state index contributed by atoms with van der Waals surface area (Å²) in [4.78, 5) is 4.33. The number of rotatable bonds is 6. The summed E-state index contributed by atoms with van der Waals surface area (Å²) in [6.45, 7) is 0. The molecular formula is C32H22N4. The summed E-state index contributed by atoms with van der Waals surface area (Å²) >= 11 is 0. The highest BCUT2D eigenvalue weighted by atomic mass is 15.2. The van der Waals surface area contributed by atoms with Crippen LogP contribution in [-0.4, -0.2) is 0 Å². The predicted molar refractivity (Wildman–Crippen MR) is 145 cm³/mol. The van der Waals surface area contributed by atoms with Crippen LogP contribution in [0.5, 0.6) is 0 Å². The van der Waals surface area contributed by atoms with Crippen molar-refractivity contribution < 1.29 is 0 Å². The molecule has 5 rings (SSSR count). The molecular weight excluding hydrogens is 440 g/mol. The third-order valence-electron chi connectivity index (χ3n) is 5.90. The maximum Gasteiger partial charge on any atom is 0.0991 e. The summed E-state index contributed by atoms with van der Waals surface area (Å²) in [5.74, 6) is 0. The molecule has 0 amide bonds. The zero-order chi connectivity index (χ0) is 24.7. The highest BCUT2D eigenvalue weighted by Gasteiger charge is 2.15. The average molecular weight is 463 g/mol. The molecule has 0 aromatic heterocycles. The van der Waals surface area contributed by atoms with E-state index in [1.165, 1.54) is 0 Å². The van der Waals surface area contributed by atoms with E-state index in [4.69, 9.17) is 0 Å². The summed E-state index contributed by atoms with van der Waals surface area (Å²) in [7, 11) is 0. The van der Waals surface area contributed by atoms with Crippen molar-refractivity contribution >= 4 is 34.1 Å². The Kier molecular flexibility index (Phi) is 6.43. The van der Waals surface area contributed by atoms with Crippen LogP contribution in [0.15, 0.2) is 133 Å². The largest absolute Gasteiger partial charge is 0.311 e. The Morgan fingerprint density at radius 2 is 0.583 bits per heavy atom. The summed E-state index contributed by atoms with van der Waals surface area (Å²) < 4.78 is 0. The number of para-hydroxylation sites is 2. The topological polar surface area (TPSA) is 54.1 Å². The van der Waals surface area contributed by atoms with E-state index in [-0.39, 0.29) is 0 Å². The molecule has 5 aromatic carbocycles. The molecule has 170 valence electrons. The van der Waals surface area contributed by atoms with E-state index >= 15 is 0 Å². The molecule has 36 heavy (non-hydrogen) atoms. The minimum absolute atomic E-state index is 0.628. The average Bonchev–Trinajstić information content (AvgIpc) is 2.96. The molecule has 0 atom stereocenters. The van der Waals surface area contributed by atoms with Crippen molar-refractivity contribution in [2.24, 2.45) is 0 Å². The molecule has 0 aliphatic rings. The van der Waals surface area contributed by atoms with Gasteiger partial charge in [0, 0.05) is 34.1 Å². The number of anilines is 6. The van der Waals surface area contributed by atoms with E-state index in [1.807, 2.05) is 84.9 Å². The standard InChI is InChI=1S/C32H22N4/c33-23-25-11-15-29(16-12-25)35(27-7-3-1-4-8-27)31-19-21-32(22-20-31)36(28-9-5-2-6-10-28)30-17-13-26(24-34)14-18-30/h1-22H. The van der Waals surface area contributed by atoms with Gasteiger partial charge in [-0.25, -0.2) is 0 Å². The Hall–Kier alpha value is -5.32. The molecule has 0 N–H and O–H groups in total. The van der Waals surface area contributed by atoms with E-state index in [2.05, 4.69) is 70.5 Å². The van der Waals surface area contributed by atoms with E-state index in [0.29, 0.717) is 11.1 Å². The van der Waals surface area contributed by atoms with Gasteiger partial charge in [-0.05, 0) is 97.1 Å². The fraction of sp³-hybridized carbons (Fsp3) is 0. The van der Waals surface area contributed by atoms with Gasteiger partial charge in [0.1, 0.15) is 0 Å². The Balaban J connectivity index is 1.57. The van der Waals surface area contributed by atoms with E-state index < -0.39 is 0 Å². The van der Waals surface area contributed by atoms with Gasteiger partial charge in [0.2, 0.25) is 0 Å². The normalized spacial score (nSPS) is 10.2. The fourth-order valence-electron chi connectivity index (χ4n) is 4.17. The first kappa shape index (κ1) is 22.5. The lowest BCUT2D eigenvalue weighted by Crippen LogP contribution is -2.12. The van der Waals surface area contributed by atoms with Gasteiger partial charge in [0.25, 0.3) is 0 Å². The second-order valence-electron chi connectivity index (χ2n) is 8.18. The molecule has 0 heterocycles. The molecule has 0 fully saturated rings. The highest BCUT2D eigenvalue weighted by molar-refractivity contribution is 5.81. The quantitative estimate of drug-likeness (QED) is 0.254. The molecule has 0 radical (unpaired) electrons. The Labute approximate surface area is 211 Å². The highest BCUT2D eigenvalue weighted by Crippen LogP contribution is 2.38. The van der Waals surface area contributed by atoms with Gasteiger partial charge in [0.05, 0.1) is 23.3 Å². The summed E-state index contributed by atoms with van der Waals surface area (Å²) in [5.41, 5.74) is 7.26. The van der Waals surface area contributed by atoms with E-state index in [1.54, 1.807) is 0 Å². The second kappa shape index (κ2) is 10.3. The summed E-state index contributed by atoms with van der Waals surface area (Å²) in [6.07, 6.45) is 0. The molecule has 0 saturated carbocycles. The first-order valence-corrected chi connectivity index (χ1v) is 11.6. The molecule has 0 spiro atoms. The molecule has 4 heteroatoms. The molecule has 0 aliphatic heterocycles. The van der Waals surface area contributed by atoms with E-state index in [9.17, 15) is 10.5 Å². The maximum absolute atomic E-state index is 9.22. The van der Waals surface area contributed by atoms with Crippen LogP contribution < -0.4 is 9.80 Å². The van der Waals surface area contributed by atoms with E-state index in [0.717, 1.165) is 34.1 Å². The van der Waals surface area contributed by atoms with Gasteiger partial charge in [-0.2, -0.15) is 10.5 Å². The first-order valence-electron chi connectivity index (χ1n) is 11.6. The van der Waals surface area contributed by atoms with Crippen LogP contribution in [0.2, 0.25) is 0 Å². The first-order chi connectivity index (χ1) is 17.8. The van der Waals surface area contributed by atoms with Gasteiger partial charge in [-0.15, -0.1) is 0 Å². The van der Waals surface area contributed by atoms with Crippen molar-refractivity contribution in [2.75, 3.05) is 9.80 Å². The Bertz CT molecular complexity index is 1390. The van der Waals surface area contributed by atoms with Crippen LogP contribution in [-0.2, 0) is 0 Å². The lowest BCUT2D eigenvalue weighted by Gasteiger charge is -2.28. The van der Waals surface area contributed by atoms with Gasteiger partial charge in [-0.3, -0.25) is 0 Å².